The van der Waals surface area contributed by atoms with E-state index in [1.54, 1.807) is 38.5 Å². The second-order valence-corrected chi connectivity index (χ2v) is 7.37. The number of ether oxygens (including phenoxy) is 2. The van der Waals surface area contributed by atoms with Crippen LogP contribution in [0.15, 0.2) is 54.2 Å². The molecule has 1 heterocycles. The van der Waals surface area contributed by atoms with E-state index in [4.69, 9.17) is 21.1 Å². The summed E-state index contributed by atoms with van der Waals surface area (Å²) >= 11 is 6.33. The first-order valence-electron chi connectivity index (χ1n) is 9.67. The van der Waals surface area contributed by atoms with Gasteiger partial charge in [-0.15, -0.1) is 0 Å². The smallest absolute Gasteiger partial charge is 0.282 e. The number of carbonyl (C=O) groups excluding carboxylic acids is 2. The summed E-state index contributed by atoms with van der Waals surface area (Å²) < 4.78 is 10.5. The third kappa shape index (κ3) is 4.41. The number of hydrogen-bond acceptors (Lipinski definition) is 5. The van der Waals surface area contributed by atoms with Gasteiger partial charge >= 0.3 is 0 Å². The largest absolute Gasteiger partial charge is 0.383 e. The summed E-state index contributed by atoms with van der Waals surface area (Å²) in [4.78, 5) is 30.1. The number of para-hydroxylation sites is 1. The zero-order chi connectivity index (χ0) is 21.7. The second kappa shape index (κ2) is 9.89. The van der Waals surface area contributed by atoms with Crippen molar-refractivity contribution in [3.05, 3.63) is 70.4 Å². The Morgan fingerprint density at radius 3 is 2.07 bits per heavy atom. The number of methoxy groups -OCH3 is 2. The van der Waals surface area contributed by atoms with E-state index in [0.717, 1.165) is 10.5 Å². The van der Waals surface area contributed by atoms with Crippen LogP contribution < -0.4 is 4.90 Å². The van der Waals surface area contributed by atoms with Crippen molar-refractivity contribution in [2.45, 2.75) is 6.92 Å². The first-order valence-corrected chi connectivity index (χ1v) is 10.0. The summed E-state index contributed by atoms with van der Waals surface area (Å²) in [5.41, 5.74) is 2.80. The van der Waals surface area contributed by atoms with E-state index in [1.165, 1.54) is 0 Å². The van der Waals surface area contributed by atoms with Gasteiger partial charge in [-0.05, 0) is 24.6 Å². The molecule has 0 aromatic heterocycles. The van der Waals surface area contributed by atoms with Gasteiger partial charge in [0, 0.05) is 27.3 Å². The number of rotatable bonds is 9. The molecule has 0 spiro atoms. The van der Waals surface area contributed by atoms with E-state index in [2.05, 4.69) is 0 Å². The van der Waals surface area contributed by atoms with Gasteiger partial charge in [-0.3, -0.25) is 9.59 Å². The highest BCUT2D eigenvalue weighted by Crippen LogP contribution is 2.37. The van der Waals surface area contributed by atoms with E-state index in [0.29, 0.717) is 53.8 Å². The number of halogens is 1. The highest BCUT2D eigenvalue weighted by molar-refractivity contribution is 6.47. The number of aryl methyl sites for hydroxylation is 1. The Morgan fingerprint density at radius 1 is 0.900 bits per heavy atom. The standard InChI is InChI=1S/C23H25ClN2O4/c1-16-8-10-17(11-9-16)20-21(25(12-14-29-2)13-15-30-3)23(28)26(22(20)27)19-7-5-4-6-18(19)24/h4-11H,12-15H2,1-3H3. The van der Waals surface area contributed by atoms with Crippen molar-refractivity contribution in [3.63, 3.8) is 0 Å². The highest BCUT2D eigenvalue weighted by Gasteiger charge is 2.43. The Kier molecular flexibility index (Phi) is 7.26. The molecular formula is C23H25ClN2O4. The van der Waals surface area contributed by atoms with Crippen LogP contribution in [0.4, 0.5) is 5.69 Å². The fraction of sp³-hybridized carbons (Fsp3) is 0.304. The number of benzene rings is 2. The molecular weight excluding hydrogens is 404 g/mol. The van der Waals surface area contributed by atoms with Crippen LogP contribution in [-0.4, -0.2) is 57.2 Å². The monoisotopic (exact) mass is 428 g/mol. The van der Waals surface area contributed by atoms with Gasteiger partial charge in [0.25, 0.3) is 11.8 Å². The van der Waals surface area contributed by atoms with Crippen molar-refractivity contribution in [2.75, 3.05) is 45.4 Å². The van der Waals surface area contributed by atoms with E-state index in [1.807, 2.05) is 36.1 Å². The lowest BCUT2D eigenvalue weighted by atomic mass is 10.0. The molecule has 0 bridgehead atoms. The van der Waals surface area contributed by atoms with Crippen molar-refractivity contribution in [3.8, 4) is 0 Å². The summed E-state index contributed by atoms with van der Waals surface area (Å²) in [5, 5.41) is 0.337. The summed E-state index contributed by atoms with van der Waals surface area (Å²) in [7, 11) is 3.20. The molecule has 0 saturated carbocycles. The van der Waals surface area contributed by atoms with Crippen LogP contribution in [0.3, 0.4) is 0 Å². The maximum absolute atomic E-state index is 13.6. The predicted octanol–water partition coefficient (Wildman–Crippen LogP) is 3.53. The van der Waals surface area contributed by atoms with Crippen LogP contribution >= 0.6 is 11.6 Å². The van der Waals surface area contributed by atoms with Gasteiger partial charge in [-0.2, -0.15) is 0 Å². The number of nitrogens with zero attached hydrogens (tertiary/aromatic N) is 2. The molecule has 0 aliphatic carbocycles. The second-order valence-electron chi connectivity index (χ2n) is 6.96. The first-order chi connectivity index (χ1) is 14.5. The minimum atomic E-state index is -0.407. The molecule has 7 heteroatoms. The molecule has 2 aromatic carbocycles. The summed E-state index contributed by atoms with van der Waals surface area (Å²) in [5.74, 6) is -0.803. The normalized spacial score (nSPS) is 14.1. The first kappa shape index (κ1) is 22.0. The quantitative estimate of drug-likeness (QED) is 0.572. The van der Waals surface area contributed by atoms with Crippen LogP contribution in [0, 0.1) is 6.92 Å². The summed E-state index contributed by atoms with van der Waals surface area (Å²) in [6.45, 7) is 3.67. The van der Waals surface area contributed by atoms with Gasteiger partial charge in [-0.25, -0.2) is 4.90 Å². The van der Waals surface area contributed by atoms with E-state index in [-0.39, 0.29) is 0 Å². The molecule has 1 aliphatic rings. The SMILES string of the molecule is COCCN(CCOC)C1=C(c2ccc(C)cc2)C(=O)N(c2ccccc2Cl)C1=O. The van der Waals surface area contributed by atoms with Crippen LogP contribution in [0.2, 0.25) is 5.02 Å². The molecule has 6 nitrogen and oxygen atoms in total. The fourth-order valence-corrected chi connectivity index (χ4v) is 3.60. The molecule has 0 radical (unpaired) electrons. The predicted molar refractivity (Wildman–Crippen MR) is 117 cm³/mol. The van der Waals surface area contributed by atoms with Gasteiger partial charge < -0.3 is 14.4 Å². The molecule has 0 unspecified atom stereocenters. The van der Waals surface area contributed by atoms with Crippen molar-refractivity contribution in [1.29, 1.82) is 0 Å². The lowest BCUT2D eigenvalue weighted by molar-refractivity contribution is -0.120. The maximum Gasteiger partial charge on any atom is 0.282 e. The fourth-order valence-electron chi connectivity index (χ4n) is 3.38. The molecule has 1 aliphatic heterocycles. The lowest BCUT2D eigenvalue weighted by Gasteiger charge is -2.25. The lowest BCUT2D eigenvalue weighted by Crippen LogP contribution is -2.37. The molecule has 2 amide bonds. The molecule has 2 aromatic rings. The Bertz CT molecular complexity index is 948. The van der Waals surface area contributed by atoms with Crippen LogP contribution in [0.25, 0.3) is 5.57 Å². The molecule has 0 atom stereocenters. The minimum Gasteiger partial charge on any atom is -0.383 e. The van der Waals surface area contributed by atoms with Crippen molar-refractivity contribution in [1.82, 2.24) is 4.90 Å². The number of hydrogen-bond donors (Lipinski definition) is 0. The Morgan fingerprint density at radius 2 is 1.50 bits per heavy atom. The molecule has 0 saturated heterocycles. The van der Waals surface area contributed by atoms with Gasteiger partial charge in [0.1, 0.15) is 5.70 Å². The number of imide groups is 1. The van der Waals surface area contributed by atoms with E-state index < -0.39 is 11.8 Å². The Balaban J connectivity index is 2.14. The third-order valence-electron chi connectivity index (χ3n) is 4.94. The van der Waals surface area contributed by atoms with Crippen LogP contribution in [0.5, 0.6) is 0 Å². The topological polar surface area (TPSA) is 59.1 Å². The van der Waals surface area contributed by atoms with Crippen LogP contribution in [-0.2, 0) is 19.1 Å². The van der Waals surface area contributed by atoms with Gasteiger partial charge in [-0.1, -0.05) is 53.6 Å². The van der Waals surface area contributed by atoms with Gasteiger partial charge in [0.05, 0.1) is 29.5 Å². The van der Waals surface area contributed by atoms with Gasteiger partial charge in [0.15, 0.2) is 0 Å². The molecule has 3 rings (SSSR count). The number of amides is 2. The van der Waals surface area contributed by atoms with Crippen molar-refractivity contribution < 1.29 is 19.1 Å². The minimum absolute atomic E-state index is 0.331. The molecule has 158 valence electrons. The average Bonchev–Trinajstić information content (AvgIpc) is 2.99. The highest BCUT2D eigenvalue weighted by atomic mass is 35.5. The maximum atomic E-state index is 13.6. The summed E-state index contributed by atoms with van der Waals surface area (Å²) in [6.07, 6.45) is 0. The molecule has 0 fully saturated rings. The number of anilines is 1. The third-order valence-corrected chi connectivity index (χ3v) is 5.26. The zero-order valence-corrected chi connectivity index (χ0v) is 18.1. The summed E-state index contributed by atoms with van der Waals surface area (Å²) in [6, 6.07) is 14.4. The van der Waals surface area contributed by atoms with Gasteiger partial charge in [0.2, 0.25) is 0 Å². The average molecular weight is 429 g/mol. The zero-order valence-electron chi connectivity index (χ0n) is 17.4. The molecule has 30 heavy (non-hydrogen) atoms. The number of carbonyl (C=O) groups is 2. The van der Waals surface area contributed by atoms with Crippen LogP contribution in [0.1, 0.15) is 11.1 Å². The Labute approximate surface area is 181 Å². The van der Waals surface area contributed by atoms with E-state index in [9.17, 15) is 9.59 Å². The van der Waals surface area contributed by atoms with Crippen molar-refractivity contribution in [2.24, 2.45) is 0 Å². The Hall–Kier alpha value is -2.67. The molecule has 0 N–H and O–H groups in total. The van der Waals surface area contributed by atoms with Crippen molar-refractivity contribution >= 4 is 34.7 Å². The van der Waals surface area contributed by atoms with E-state index >= 15 is 0 Å².